The van der Waals surface area contributed by atoms with Gasteiger partial charge in [-0.1, -0.05) is 30.3 Å². The number of piperidine rings is 3. The molecule has 2 atom stereocenters. The fraction of sp³-hybridized carbons (Fsp3) is 0.536. The van der Waals surface area contributed by atoms with Crippen molar-refractivity contribution in [3.8, 4) is 11.1 Å². The SMILES string of the molecule is CN(C)c1cccc(-c2ccc3c(c2)CCC2(CC2)C3N(C(=O)O)[C@@H]2CN3CCC2CC3)c1. The summed E-state index contributed by atoms with van der Waals surface area (Å²) in [5.74, 6) is 0.514. The van der Waals surface area contributed by atoms with Gasteiger partial charge in [0.05, 0.1) is 12.1 Å². The fourth-order valence-corrected chi connectivity index (χ4v) is 6.90. The molecule has 1 spiro atoms. The molecule has 2 aromatic carbocycles. The molecule has 3 aliphatic heterocycles. The van der Waals surface area contributed by atoms with Crippen LogP contribution >= 0.6 is 0 Å². The van der Waals surface area contributed by atoms with Crippen LogP contribution < -0.4 is 4.90 Å². The maximum atomic E-state index is 12.8. The number of rotatable bonds is 4. The third-order valence-electron chi connectivity index (χ3n) is 8.98. The van der Waals surface area contributed by atoms with E-state index in [-0.39, 0.29) is 17.5 Å². The molecule has 1 N–H and O–H groups in total. The Labute approximate surface area is 197 Å². The Bertz CT molecular complexity index is 1070. The summed E-state index contributed by atoms with van der Waals surface area (Å²) in [5.41, 5.74) is 6.42. The quantitative estimate of drug-likeness (QED) is 0.697. The number of amides is 1. The van der Waals surface area contributed by atoms with Crippen LogP contribution in [0.5, 0.6) is 0 Å². The molecular formula is C28H35N3O2. The summed E-state index contributed by atoms with van der Waals surface area (Å²) >= 11 is 0. The lowest BCUT2D eigenvalue weighted by molar-refractivity contribution is -0.0243. The van der Waals surface area contributed by atoms with Crippen molar-refractivity contribution >= 4 is 11.8 Å². The summed E-state index contributed by atoms with van der Waals surface area (Å²) in [5, 5.41) is 10.5. The van der Waals surface area contributed by atoms with Crippen molar-refractivity contribution in [3.05, 3.63) is 53.6 Å². The Morgan fingerprint density at radius 2 is 1.79 bits per heavy atom. The molecule has 7 rings (SSSR count). The largest absolute Gasteiger partial charge is 0.465 e. The molecule has 3 heterocycles. The van der Waals surface area contributed by atoms with Crippen molar-refractivity contribution in [3.63, 3.8) is 0 Å². The van der Waals surface area contributed by atoms with Crippen molar-refractivity contribution in [2.24, 2.45) is 11.3 Å². The van der Waals surface area contributed by atoms with Crippen LogP contribution in [0.2, 0.25) is 0 Å². The Morgan fingerprint density at radius 3 is 2.42 bits per heavy atom. The highest BCUT2D eigenvalue weighted by Gasteiger charge is 2.57. The first kappa shape index (κ1) is 21.0. The third kappa shape index (κ3) is 3.52. The lowest BCUT2D eigenvalue weighted by Crippen LogP contribution is -2.60. The molecule has 2 aliphatic carbocycles. The Hall–Kier alpha value is -2.53. The average Bonchev–Trinajstić information content (AvgIpc) is 3.61. The molecule has 0 radical (unpaired) electrons. The zero-order valence-electron chi connectivity index (χ0n) is 19.8. The van der Waals surface area contributed by atoms with Crippen LogP contribution in [0.1, 0.15) is 49.3 Å². The first-order chi connectivity index (χ1) is 15.9. The van der Waals surface area contributed by atoms with Crippen LogP contribution in [-0.4, -0.2) is 60.8 Å². The van der Waals surface area contributed by atoms with Crippen LogP contribution in [0, 0.1) is 11.3 Å². The van der Waals surface area contributed by atoms with E-state index in [1.165, 1.54) is 27.9 Å². The van der Waals surface area contributed by atoms with E-state index in [9.17, 15) is 9.90 Å². The molecule has 174 valence electrons. The molecule has 1 unspecified atom stereocenters. The van der Waals surface area contributed by atoms with Crippen molar-refractivity contribution in [1.29, 1.82) is 0 Å². The molecule has 5 aliphatic rings. The predicted octanol–water partition coefficient (Wildman–Crippen LogP) is 5.26. The molecule has 3 saturated heterocycles. The second kappa shape index (κ2) is 7.76. The molecule has 0 aromatic heterocycles. The summed E-state index contributed by atoms with van der Waals surface area (Å²) in [4.78, 5) is 19.3. The standard InChI is InChI=1S/C28H35N3O2/c1-29(2)23-5-3-4-20(17-23)21-6-7-24-22(16-21)8-11-28(12-13-28)26(24)31(27(32)33)25-18-30-14-9-19(25)10-15-30/h3-7,16-17,19,25-26H,8-15,18H2,1-2H3,(H,32,33)/t25-,26?/m1/s1. The zero-order chi connectivity index (χ0) is 22.7. The van der Waals surface area contributed by atoms with E-state index < -0.39 is 6.09 Å². The first-order valence-corrected chi connectivity index (χ1v) is 12.6. The second-order valence-corrected chi connectivity index (χ2v) is 11.0. The zero-order valence-corrected chi connectivity index (χ0v) is 19.8. The number of fused-ring (bicyclic) bond motifs is 4. The summed E-state index contributed by atoms with van der Waals surface area (Å²) in [7, 11) is 4.14. The van der Waals surface area contributed by atoms with Crippen molar-refractivity contribution in [1.82, 2.24) is 9.80 Å². The number of nitrogens with zero attached hydrogens (tertiary/aromatic N) is 3. The van der Waals surface area contributed by atoms with E-state index >= 15 is 0 Å². The number of aryl methyl sites for hydroxylation is 1. The van der Waals surface area contributed by atoms with Crippen molar-refractivity contribution in [2.45, 2.75) is 50.6 Å². The van der Waals surface area contributed by atoms with Gasteiger partial charge in [0.2, 0.25) is 0 Å². The highest BCUT2D eigenvalue weighted by molar-refractivity contribution is 5.71. The topological polar surface area (TPSA) is 47.0 Å². The third-order valence-corrected chi connectivity index (χ3v) is 8.98. The lowest BCUT2D eigenvalue weighted by atomic mass is 9.73. The van der Waals surface area contributed by atoms with Crippen LogP contribution in [0.15, 0.2) is 42.5 Å². The van der Waals surface area contributed by atoms with E-state index in [0.29, 0.717) is 5.92 Å². The molecule has 2 bridgehead atoms. The predicted molar refractivity (Wildman–Crippen MR) is 132 cm³/mol. The van der Waals surface area contributed by atoms with Gasteiger partial charge < -0.3 is 14.9 Å². The van der Waals surface area contributed by atoms with Gasteiger partial charge in [-0.15, -0.1) is 0 Å². The molecular weight excluding hydrogens is 410 g/mol. The fourth-order valence-electron chi connectivity index (χ4n) is 6.90. The Kier molecular flexibility index (Phi) is 4.95. The summed E-state index contributed by atoms with van der Waals surface area (Å²) in [6.45, 7) is 3.18. The molecule has 5 nitrogen and oxygen atoms in total. The van der Waals surface area contributed by atoms with Gasteiger partial charge in [0.15, 0.2) is 0 Å². The summed E-state index contributed by atoms with van der Waals surface area (Å²) < 4.78 is 0. The van der Waals surface area contributed by atoms with Crippen molar-refractivity contribution < 1.29 is 9.90 Å². The molecule has 5 heteroatoms. The molecule has 1 amide bonds. The molecule has 33 heavy (non-hydrogen) atoms. The minimum Gasteiger partial charge on any atom is -0.465 e. The van der Waals surface area contributed by atoms with E-state index in [0.717, 1.165) is 58.2 Å². The minimum absolute atomic E-state index is 0.00598. The average molecular weight is 446 g/mol. The number of carbonyl (C=O) groups is 1. The molecule has 1 saturated carbocycles. The maximum Gasteiger partial charge on any atom is 0.408 e. The smallest absolute Gasteiger partial charge is 0.408 e. The van der Waals surface area contributed by atoms with Gasteiger partial charge in [0, 0.05) is 26.3 Å². The summed E-state index contributed by atoms with van der Waals surface area (Å²) in [6, 6.07) is 15.6. The lowest BCUT2D eigenvalue weighted by Gasteiger charge is -2.52. The van der Waals surface area contributed by atoms with Gasteiger partial charge in [-0.3, -0.25) is 4.90 Å². The highest BCUT2D eigenvalue weighted by Crippen LogP contribution is 2.63. The number of hydrogen-bond donors (Lipinski definition) is 1. The summed E-state index contributed by atoms with van der Waals surface area (Å²) in [6.07, 6.45) is 6.05. The maximum absolute atomic E-state index is 12.8. The van der Waals surface area contributed by atoms with E-state index in [1.807, 2.05) is 4.90 Å². The normalized spacial score (nSPS) is 28.9. The van der Waals surface area contributed by atoms with E-state index in [4.69, 9.17) is 0 Å². The van der Waals surface area contributed by atoms with Crippen LogP contribution in [0.4, 0.5) is 10.5 Å². The Morgan fingerprint density at radius 1 is 1.03 bits per heavy atom. The van der Waals surface area contributed by atoms with Crippen LogP contribution in [0.3, 0.4) is 0 Å². The van der Waals surface area contributed by atoms with Gasteiger partial charge in [-0.05, 0) is 97.3 Å². The van der Waals surface area contributed by atoms with E-state index in [2.05, 4.69) is 66.4 Å². The number of carboxylic acid groups (broad SMARTS) is 1. The van der Waals surface area contributed by atoms with Gasteiger partial charge in [0.25, 0.3) is 0 Å². The minimum atomic E-state index is -0.722. The van der Waals surface area contributed by atoms with Crippen LogP contribution in [0.25, 0.3) is 11.1 Å². The molecule has 2 aromatic rings. The van der Waals surface area contributed by atoms with Crippen LogP contribution in [-0.2, 0) is 6.42 Å². The van der Waals surface area contributed by atoms with Gasteiger partial charge >= 0.3 is 6.09 Å². The second-order valence-electron chi connectivity index (χ2n) is 11.0. The van der Waals surface area contributed by atoms with Gasteiger partial charge in [-0.2, -0.15) is 0 Å². The number of anilines is 1. The number of hydrogen-bond acceptors (Lipinski definition) is 3. The van der Waals surface area contributed by atoms with E-state index in [1.54, 1.807) is 0 Å². The van der Waals surface area contributed by atoms with Gasteiger partial charge in [0.1, 0.15) is 0 Å². The Balaban J connectivity index is 1.39. The monoisotopic (exact) mass is 445 g/mol. The first-order valence-electron chi connectivity index (χ1n) is 12.6. The molecule has 4 fully saturated rings. The van der Waals surface area contributed by atoms with Gasteiger partial charge in [-0.25, -0.2) is 4.79 Å². The highest BCUT2D eigenvalue weighted by atomic mass is 16.4. The number of benzene rings is 2. The van der Waals surface area contributed by atoms with Crippen molar-refractivity contribution in [2.75, 3.05) is 38.6 Å².